The lowest BCUT2D eigenvalue weighted by molar-refractivity contribution is -0.138. The summed E-state index contributed by atoms with van der Waals surface area (Å²) in [7, 11) is 0. The van der Waals surface area contributed by atoms with E-state index in [-0.39, 0.29) is 28.7 Å². The van der Waals surface area contributed by atoms with Gasteiger partial charge in [0.1, 0.15) is 6.26 Å². The van der Waals surface area contributed by atoms with Gasteiger partial charge in [-0.15, -0.1) is 11.6 Å². The second-order valence-electron chi connectivity index (χ2n) is 9.59. The number of halogens is 4. The molecule has 8 heteroatoms. The maximum Gasteiger partial charge on any atom is 0.416 e. The first-order chi connectivity index (χ1) is 16.0. The van der Waals surface area contributed by atoms with Crippen molar-refractivity contribution in [2.24, 2.45) is 5.92 Å². The van der Waals surface area contributed by atoms with Gasteiger partial charge in [0.2, 0.25) is 0 Å². The third-order valence-corrected chi connectivity index (χ3v) is 7.39. The summed E-state index contributed by atoms with van der Waals surface area (Å²) in [6.45, 7) is 5.58. The van der Waals surface area contributed by atoms with E-state index in [2.05, 4.69) is 12.1 Å². The van der Waals surface area contributed by atoms with Gasteiger partial charge in [0, 0.05) is 22.2 Å². The van der Waals surface area contributed by atoms with Crippen LogP contribution in [0.3, 0.4) is 0 Å². The number of carbonyl (C=O) groups is 1. The van der Waals surface area contributed by atoms with E-state index < -0.39 is 23.0 Å². The highest BCUT2D eigenvalue weighted by Gasteiger charge is 2.48. The molecule has 0 radical (unpaired) electrons. The number of anilines is 1. The Morgan fingerprint density at radius 1 is 1.24 bits per heavy atom. The molecule has 1 amide bonds. The van der Waals surface area contributed by atoms with E-state index >= 15 is 0 Å². The van der Waals surface area contributed by atoms with Gasteiger partial charge in [-0.1, -0.05) is 24.2 Å². The topological polar surface area (TPSA) is 46.3 Å². The van der Waals surface area contributed by atoms with Crippen LogP contribution < -0.4 is 4.90 Å². The minimum Gasteiger partial charge on any atom is -0.364 e. The molecule has 1 aliphatic heterocycles. The number of aromatic nitrogens is 1. The monoisotopic (exact) mass is 488 g/mol. The number of aryl methyl sites for hydroxylation is 1. The standard InChI is InChI=1S/C26H24ClF3N2O2/c1-14-10-25(11-14,23-15(2)13-34-31-23)18-5-4-6-19(9-18)32-12-21-20(24(32)33)7-17(16(3)27)8-22(21)26(28,29)30/h4-9,13-14,16H,10-12H2,1-3H3. The van der Waals surface area contributed by atoms with Gasteiger partial charge in [-0.2, -0.15) is 13.2 Å². The maximum atomic E-state index is 13.9. The number of alkyl halides is 4. The van der Waals surface area contributed by atoms with Gasteiger partial charge in [0.15, 0.2) is 0 Å². The van der Waals surface area contributed by atoms with Gasteiger partial charge in [0.05, 0.1) is 23.2 Å². The number of nitrogens with zero attached hydrogens (tertiary/aromatic N) is 2. The zero-order valence-corrected chi connectivity index (χ0v) is 19.8. The number of carbonyl (C=O) groups excluding carboxylic acids is 1. The van der Waals surface area contributed by atoms with E-state index in [9.17, 15) is 18.0 Å². The third kappa shape index (κ3) is 3.52. The van der Waals surface area contributed by atoms with E-state index in [1.807, 2.05) is 25.1 Å². The first-order valence-electron chi connectivity index (χ1n) is 11.2. The zero-order chi connectivity index (χ0) is 24.4. The van der Waals surface area contributed by atoms with Gasteiger partial charge in [-0.3, -0.25) is 4.79 Å². The number of fused-ring (bicyclic) bond motifs is 1. The van der Waals surface area contributed by atoms with Crippen LogP contribution in [0.2, 0.25) is 0 Å². The van der Waals surface area contributed by atoms with Crippen molar-refractivity contribution in [3.8, 4) is 0 Å². The third-order valence-electron chi connectivity index (χ3n) is 7.13. The number of hydrogen-bond donors (Lipinski definition) is 0. The Morgan fingerprint density at radius 3 is 2.56 bits per heavy atom. The molecule has 5 rings (SSSR count). The highest BCUT2D eigenvalue weighted by atomic mass is 35.5. The lowest BCUT2D eigenvalue weighted by Crippen LogP contribution is -2.42. The van der Waals surface area contributed by atoms with Crippen molar-refractivity contribution in [1.82, 2.24) is 5.16 Å². The van der Waals surface area contributed by atoms with Crippen molar-refractivity contribution in [3.05, 3.63) is 81.7 Å². The molecule has 0 bridgehead atoms. The molecule has 0 spiro atoms. The minimum atomic E-state index is -4.58. The van der Waals surface area contributed by atoms with Crippen LogP contribution in [0.25, 0.3) is 0 Å². The lowest BCUT2D eigenvalue weighted by atomic mass is 9.57. The average molecular weight is 489 g/mol. The molecular weight excluding hydrogens is 465 g/mol. The molecule has 2 aromatic carbocycles. The summed E-state index contributed by atoms with van der Waals surface area (Å²) in [5, 5.41) is 3.62. The predicted molar refractivity (Wildman–Crippen MR) is 123 cm³/mol. The Bertz CT molecular complexity index is 1280. The summed E-state index contributed by atoms with van der Waals surface area (Å²) < 4.78 is 46.8. The van der Waals surface area contributed by atoms with Gasteiger partial charge in [-0.25, -0.2) is 0 Å². The smallest absolute Gasteiger partial charge is 0.364 e. The maximum absolute atomic E-state index is 13.9. The number of amides is 1. The summed E-state index contributed by atoms with van der Waals surface area (Å²) >= 11 is 6.09. The summed E-state index contributed by atoms with van der Waals surface area (Å²) in [4.78, 5) is 14.7. The fourth-order valence-electron chi connectivity index (χ4n) is 5.54. The summed E-state index contributed by atoms with van der Waals surface area (Å²) in [5.74, 6) is 0.0493. The van der Waals surface area contributed by atoms with Crippen molar-refractivity contribution in [3.63, 3.8) is 0 Å². The molecule has 1 aromatic heterocycles. The van der Waals surface area contributed by atoms with Crippen molar-refractivity contribution in [2.75, 3.05) is 4.90 Å². The summed E-state index contributed by atoms with van der Waals surface area (Å²) in [6, 6.07) is 10.0. The predicted octanol–water partition coefficient (Wildman–Crippen LogP) is 7.18. The van der Waals surface area contributed by atoms with Crippen molar-refractivity contribution >= 4 is 23.2 Å². The minimum absolute atomic E-state index is 0.0108. The molecule has 1 atom stereocenters. The highest BCUT2D eigenvalue weighted by Crippen LogP contribution is 2.53. The fraction of sp³-hybridized carbons (Fsp3) is 0.385. The molecule has 0 saturated heterocycles. The van der Waals surface area contributed by atoms with Crippen LogP contribution in [-0.2, 0) is 18.1 Å². The fourth-order valence-corrected chi connectivity index (χ4v) is 5.67. The molecule has 0 N–H and O–H groups in total. The van der Waals surface area contributed by atoms with Crippen LogP contribution in [-0.4, -0.2) is 11.1 Å². The van der Waals surface area contributed by atoms with Crippen molar-refractivity contribution < 1.29 is 22.5 Å². The quantitative estimate of drug-likeness (QED) is 0.365. The van der Waals surface area contributed by atoms with Crippen LogP contribution >= 0.6 is 11.6 Å². The Balaban J connectivity index is 1.57. The molecule has 178 valence electrons. The van der Waals surface area contributed by atoms with Crippen molar-refractivity contribution in [1.29, 1.82) is 0 Å². The molecule has 2 heterocycles. The van der Waals surface area contributed by atoms with Crippen LogP contribution in [0, 0.1) is 12.8 Å². The van der Waals surface area contributed by atoms with Gasteiger partial charge >= 0.3 is 6.18 Å². The number of rotatable bonds is 4. The van der Waals surface area contributed by atoms with E-state index in [0.717, 1.165) is 35.7 Å². The molecule has 34 heavy (non-hydrogen) atoms. The molecule has 1 fully saturated rings. The van der Waals surface area contributed by atoms with Gasteiger partial charge in [0.25, 0.3) is 5.91 Å². The summed E-state index contributed by atoms with van der Waals surface area (Å²) in [6.07, 6.45) is -1.19. The second-order valence-corrected chi connectivity index (χ2v) is 10.2. The first kappa shape index (κ1) is 23.0. The van der Waals surface area contributed by atoms with Crippen LogP contribution in [0.4, 0.5) is 18.9 Å². The molecule has 3 aromatic rings. The van der Waals surface area contributed by atoms with Gasteiger partial charge < -0.3 is 9.42 Å². The largest absolute Gasteiger partial charge is 0.416 e. The molecular formula is C26H24ClF3N2O2. The SMILES string of the molecule is Cc1conc1C1(c2cccc(N3Cc4c(cc(C(C)Cl)cc4C(F)(F)F)C3=O)c2)CC(C)C1. The van der Waals surface area contributed by atoms with Crippen LogP contribution in [0.5, 0.6) is 0 Å². The van der Waals surface area contributed by atoms with E-state index in [1.54, 1.807) is 19.3 Å². The molecule has 1 saturated carbocycles. The highest BCUT2D eigenvalue weighted by molar-refractivity contribution is 6.20. The molecule has 4 nitrogen and oxygen atoms in total. The van der Waals surface area contributed by atoms with Crippen molar-refractivity contribution in [2.45, 2.75) is 57.1 Å². The Morgan fingerprint density at radius 2 is 1.97 bits per heavy atom. The Hall–Kier alpha value is -2.80. The molecule has 1 unspecified atom stereocenters. The number of benzene rings is 2. The number of hydrogen-bond acceptors (Lipinski definition) is 3. The lowest BCUT2D eigenvalue weighted by Gasteiger charge is -2.46. The molecule has 2 aliphatic rings. The van der Waals surface area contributed by atoms with Crippen LogP contribution in [0.15, 0.2) is 47.2 Å². The van der Waals surface area contributed by atoms with E-state index in [0.29, 0.717) is 11.6 Å². The zero-order valence-electron chi connectivity index (χ0n) is 19.0. The average Bonchev–Trinajstić information content (AvgIpc) is 3.33. The van der Waals surface area contributed by atoms with Crippen LogP contribution in [0.1, 0.15) is 75.9 Å². The van der Waals surface area contributed by atoms with E-state index in [1.165, 1.54) is 11.0 Å². The van der Waals surface area contributed by atoms with Gasteiger partial charge in [-0.05, 0) is 73.6 Å². The Kier molecular flexibility index (Phi) is 5.32. The summed E-state index contributed by atoms with van der Waals surface area (Å²) in [5.41, 5.74) is 2.56. The molecule has 1 aliphatic carbocycles. The Labute approximate surface area is 200 Å². The first-order valence-corrected chi connectivity index (χ1v) is 11.7. The van der Waals surface area contributed by atoms with E-state index in [4.69, 9.17) is 16.1 Å². The normalized spacial score (nSPS) is 23.1. The second kappa shape index (κ2) is 7.87.